The van der Waals surface area contributed by atoms with Crippen LogP contribution in [0.5, 0.6) is 5.75 Å². The van der Waals surface area contributed by atoms with Gasteiger partial charge in [0, 0.05) is 5.92 Å². The molecule has 6 heteroatoms. The Morgan fingerprint density at radius 1 is 1.27 bits per heavy atom. The number of carbonyl (C=O) groups is 1. The van der Waals surface area contributed by atoms with Crippen LogP contribution in [-0.4, -0.2) is 20.4 Å². The largest absolute Gasteiger partial charge is 0.508 e. The molecule has 4 rings (SSSR count). The van der Waals surface area contributed by atoms with E-state index in [4.69, 9.17) is 0 Å². The van der Waals surface area contributed by atoms with Crippen molar-refractivity contribution in [3.8, 4) is 11.4 Å². The minimum absolute atomic E-state index is 0.124. The SMILES string of the molecule is O=C(c1cc2ncn(-c3ccc(O)cc3)c(=O)c2s1)C1CC1. The summed E-state index contributed by atoms with van der Waals surface area (Å²) in [4.78, 5) is 29.6. The van der Waals surface area contributed by atoms with E-state index in [1.807, 2.05) is 0 Å². The number of aromatic nitrogens is 2. The molecule has 1 aliphatic carbocycles. The van der Waals surface area contributed by atoms with Gasteiger partial charge in [0.2, 0.25) is 0 Å². The molecule has 0 unspecified atom stereocenters. The third-order valence-electron chi connectivity index (χ3n) is 3.76. The van der Waals surface area contributed by atoms with Crippen molar-refractivity contribution in [2.24, 2.45) is 5.92 Å². The molecular formula is C16H12N2O3S. The number of carbonyl (C=O) groups excluding carboxylic acids is 1. The van der Waals surface area contributed by atoms with Gasteiger partial charge in [0.15, 0.2) is 5.78 Å². The maximum Gasteiger partial charge on any atom is 0.275 e. The number of hydrogen-bond donors (Lipinski definition) is 1. The summed E-state index contributed by atoms with van der Waals surface area (Å²) in [6, 6.07) is 8.04. The van der Waals surface area contributed by atoms with E-state index in [1.54, 1.807) is 18.2 Å². The molecule has 110 valence electrons. The highest BCUT2D eigenvalue weighted by atomic mass is 32.1. The third-order valence-corrected chi connectivity index (χ3v) is 4.88. The lowest BCUT2D eigenvalue weighted by atomic mass is 10.2. The van der Waals surface area contributed by atoms with Gasteiger partial charge in [-0.05, 0) is 43.2 Å². The van der Waals surface area contributed by atoms with Gasteiger partial charge >= 0.3 is 0 Å². The highest BCUT2D eigenvalue weighted by Crippen LogP contribution is 2.35. The van der Waals surface area contributed by atoms with Gasteiger partial charge in [-0.25, -0.2) is 4.98 Å². The van der Waals surface area contributed by atoms with Crippen LogP contribution in [0, 0.1) is 5.92 Å². The summed E-state index contributed by atoms with van der Waals surface area (Å²) in [5, 5.41) is 9.33. The smallest absolute Gasteiger partial charge is 0.275 e. The number of thiophene rings is 1. The van der Waals surface area contributed by atoms with Crippen molar-refractivity contribution >= 4 is 27.3 Å². The number of benzene rings is 1. The van der Waals surface area contributed by atoms with E-state index in [0.29, 0.717) is 20.8 Å². The highest BCUT2D eigenvalue weighted by molar-refractivity contribution is 7.20. The summed E-state index contributed by atoms with van der Waals surface area (Å²) in [6.45, 7) is 0. The Kier molecular flexibility index (Phi) is 2.87. The standard InChI is InChI=1S/C16H12N2O3S/c19-11-5-3-10(4-6-11)18-8-17-12-7-13(14(20)9-1-2-9)22-15(12)16(18)21/h3-9,19H,1-2H2. The molecular weight excluding hydrogens is 300 g/mol. The Hall–Kier alpha value is -2.47. The molecule has 1 saturated carbocycles. The number of nitrogens with zero attached hydrogens (tertiary/aromatic N) is 2. The van der Waals surface area contributed by atoms with Crippen molar-refractivity contribution in [2.45, 2.75) is 12.8 Å². The van der Waals surface area contributed by atoms with Gasteiger partial charge in [0.25, 0.3) is 5.56 Å². The van der Waals surface area contributed by atoms with E-state index in [0.717, 1.165) is 12.8 Å². The predicted molar refractivity (Wildman–Crippen MR) is 83.9 cm³/mol. The molecule has 1 N–H and O–H groups in total. The van der Waals surface area contributed by atoms with Gasteiger partial charge in [0.1, 0.15) is 16.8 Å². The molecule has 0 amide bonds. The second kappa shape index (κ2) is 4.78. The predicted octanol–water partition coefficient (Wildman–Crippen LogP) is 2.75. The first kappa shape index (κ1) is 13.2. The quantitative estimate of drug-likeness (QED) is 0.755. The second-order valence-corrected chi connectivity index (χ2v) is 6.45. The summed E-state index contributed by atoms with van der Waals surface area (Å²) < 4.78 is 1.91. The molecule has 1 fully saturated rings. The molecule has 2 aromatic heterocycles. The van der Waals surface area contributed by atoms with Gasteiger partial charge in [-0.3, -0.25) is 14.2 Å². The number of aromatic hydroxyl groups is 1. The zero-order valence-electron chi connectivity index (χ0n) is 11.5. The van der Waals surface area contributed by atoms with Crippen LogP contribution in [0.2, 0.25) is 0 Å². The first-order valence-corrected chi connectivity index (χ1v) is 7.80. The molecule has 3 aromatic rings. The average molecular weight is 312 g/mol. The summed E-state index contributed by atoms with van der Waals surface area (Å²) in [7, 11) is 0. The lowest BCUT2D eigenvalue weighted by Gasteiger charge is -2.04. The Bertz CT molecular complexity index is 936. The Labute approximate surface area is 129 Å². The van der Waals surface area contributed by atoms with Gasteiger partial charge < -0.3 is 5.11 Å². The number of fused-ring (bicyclic) bond motifs is 1. The zero-order chi connectivity index (χ0) is 15.3. The van der Waals surface area contributed by atoms with Crippen LogP contribution >= 0.6 is 11.3 Å². The fourth-order valence-corrected chi connectivity index (χ4v) is 3.44. The van der Waals surface area contributed by atoms with Crippen molar-refractivity contribution in [2.75, 3.05) is 0 Å². The lowest BCUT2D eigenvalue weighted by molar-refractivity contribution is 0.0971. The Morgan fingerprint density at radius 3 is 2.68 bits per heavy atom. The fourth-order valence-electron chi connectivity index (χ4n) is 2.38. The van der Waals surface area contributed by atoms with Crippen molar-refractivity contribution in [1.82, 2.24) is 9.55 Å². The van der Waals surface area contributed by atoms with Crippen LogP contribution in [0.25, 0.3) is 15.9 Å². The minimum Gasteiger partial charge on any atom is -0.508 e. The first-order chi connectivity index (χ1) is 10.6. The number of phenolic OH excluding ortho intramolecular Hbond substituents is 1. The molecule has 0 radical (unpaired) electrons. The summed E-state index contributed by atoms with van der Waals surface area (Å²) in [5.41, 5.74) is 0.991. The lowest BCUT2D eigenvalue weighted by Crippen LogP contribution is -2.17. The van der Waals surface area contributed by atoms with Crippen molar-refractivity contribution in [1.29, 1.82) is 0 Å². The number of phenols is 1. The van der Waals surface area contributed by atoms with Gasteiger partial charge in [-0.2, -0.15) is 0 Å². The summed E-state index contributed by atoms with van der Waals surface area (Å²) in [6.07, 6.45) is 3.34. The summed E-state index contributed by atoms with van der Waals surface area (Å²) in [5.74, 6) is 0.394. The molecule has 1 aromatic carbocycles. The number of hydrogen-bond acceptors (Lipinski definition) is 5. The van der Waals surface area contributed by atoms with Crippen LogP contribution in [0.4, 0.5) is 0 Å². The van der Waals surface area contributed by atoms with Crippen LogP contribution in [-0.2, 0) is 0 Å². The fraction of sp³-hybridized carbons (Fsp3) is 0.188. The van der Waals surface area contributed by atoms with E-state index in [2.05, 4.69) is 4.98 Å². The molecule has 22 heavy (non-hydrogen) atoms. The van der Waals surface area contributed by atoms with Crippen LogP contribution < -0.4 is 5.56 Å². The van der Waals surface area contributed by atoms with Crippen LogP contribution in [0.3, 0.4) is 0 Å². The van der Waals surface area contributed by atoms with E-state index < -0.39 is 0 Å². The number of rotatable bonds is 3. The molecule has 1 aliphatic rings. The average Bonchev–Trinajstić information content (AvgIpc) is 3.27. The maximum atomic E-state index is 12.6. The Morgan fingerprint density at radius 2 is 2.00 bits per heavy atom. The van der Waals surface area contributed by atoms with E-state index in [-0.39, 0.29) is 23.0 Å². The third kappa shape index (κ3) is 2.12. The topological polar surface area (TPSA) is 72.2 Å². The van der Waals surface area contributed by atoms with Gasteiger partial charge in [-0.1, -0.05) is 0 Å². The molecule has 0 saturated heterocycles. The Balaban J connectivity index is 1.84. The summed E-state index contributed by atoms with van der Waals surface area (Å²) >= 11 is 1.22. The zero-order valence-corrected chi connectivity index (χ0v) is 12.3. The number of Topliss-reactive ketones (excluding diaryl/α,β-unsaturated/α-hetero) is 1. The van der Waals surface area contributed by atoms with E-state index in [9.17, 15) is 14.7 Å². The number of ketones is 1. The van der Waals surface area contributed by atoms with Crippen molar-refractivity contribution < 1.29 is 9.90 Å². The highest BCUT2D eigenvalue weighted by Gasteiger charge is 2.31. The van der Waals surface area contributed by atoms with Gasteiger partial charge in [-0.15, -0.1) is 11.3 Å². The van der Waals surface area contributed by atoms with Crippen molar-refractivity contribution in [3.63, 3.8) is 0 Å². The molecule has 0 spiro atoms. The normalized spacial score (nSPS) is 14.4. The molecule has 0 aliphatic heterocycles. The molecule has 5 nitrogen and oxygen atoms in total. The van der Waals surface area contributed by atoms with Crippen LogP contribution in [0.1, 0.15) is 22.5 Å². The molecule has 0 bridgehead atoms. The van der Waals surface area contributed by atoms with Crippen LogP contribution in [0.15, 0.2) is 41.5 Å². The monoisotopic (exact) mass is 312 g/mol. The maximum absolute atomic E-state index is 12.6. The molecule has 0 atom stereocenters. The first-order valence-electron chi connectivity index (χ1n) is 6.98. The van der Waals surface area contributed by atoms with E-state index in [1.165, 1.54) is 34.4 Å². The van der Waals surface area contributed by atoms with Gasteiger partial charge in [0.05, 0.1) is 16.1 Å². The van der Waals surface area contributed by atoms with Crippen molar-refractivity contribution in [3.05, 3.63) is 51.9 Å². The minimum atomic E-state index is -0.199. The molecule has 2 heterocycles. The second-order valence-electron chi connectivity index (χ2n) is 5.40. The van der Waals surface area contributed by atoms with E-state index >= 15 is 0 Å².